The minimum Gasteiger partial charge on any atom is -0.376 e. The van der Waals surface area contributed by atoms with E-state index in [9.17, 15) is 13.2 Å². The van der Waals surface area contributed by atoms with Crippen molar-refractivity contribution in [2.75, 3.05) is 5.32 Å². The quantitative estimate of drug-likeness (QED) is 0.796. The Kier molecular flexibility index (Phi) is 3.16. The van der Waals surface area contributed by atoms with Crippen molar-refractivity contribution in [2.24, 2.45) is 0 Å². The Hall–Kier alpha value is -1.97. The van der Waals surface area contributed by atoms with Gasteiger partial charge in [-0.05, 0) is 43.0 Å². The maximum Gasteiger partial charge on any atom is 0.196 e. The molecule has 1 aliphatic carbocycles. The number of halogens is 3. The molecule has 0 aliphatic heterocycles. The molecule has 1 N–H and O–H groups in total. The molecule has 1 atom stereocenters. The molecule has 20 heavy (non-hydrogen) atoms. The van der Waals surface area contributed by atoms with Crippen LogP contribution in [0.2, 0.25) is 0 Å². The smallest absolute Gasteiger partial charge is 0.196 e. The number of rotatable bonds is 2. The van der Waals surface area contributed by atoms with Gasteiger partial charge in [-0.25, -0.2) is 13.2 Å². The van der Waals surface area contributed by atoms with E-state index >= 15 is 0 Å². The zero-order chi connectivity index (χ0) is 14.3. The Morgan fingerprint density at radius 2 is 1.85 bits per heavy atom. The van der Waals surface area contributed by atoms with Crippen LogP contribution < -0.4 is 5.32 Å². The zero-order valence-corrected chi connectivity index (χ0v) is 11.0. The van der Waals surface area contributed by atoms with Crippen LogP contribution in [0.4, 0.5) is 18.9 Å². The van der Waals surface area contributed by atoms with Crippen LogP contribution in [0.15, 0.2) is 30.3 Å². The van der Waals surface area contributed by atoms with Crippen LogP contribution >= 0.6 is 0 Å². The number of aryl methyl sites for hydroxylation is 2. The summed E-state index contributed by atoms with van der Waals surface area (Å²) < 4.78 is 39.9. The monoisotopic (exact) mass is 277 g/mol. The lowest BCUT2D eigenvalue weighted by Crippen LogP contribution is -2.10. The van der Waals surface area contributed by atoms with E-state index in [-0.39, 0.29) is 11.7 Å². The van der Waals surface area contributed by atoms with Crippen LogP contribution in [-0.4, -0.2) is 0 Å². The third-order valence-electron chi connectivity index (χ3n) is 3.74. The number of fused-ring (bicyclic) bond motifs is 1. The van der Waals surface area contributed by atoms with Crippen molar-refractivity contribution < 1.29 is 13.2 Å². The molecule has 0 saturated heterocycles. The molecule has 2 aromatic carbocycles. The molecule has 0 amide bonds. The van der Waals surface area contributed by atoms with E-state index in [0.717, 1.165) is 30.0 Å². The van der Waals surface area contributed by atoms with Crippen molar-refractivity contribution >= 4 is 5.69 Å². The van der Waals surface area contributed by atoms with Gasteiger partial charge in [0.2, 0.25) is 0 Å². The lowest BCUT2D eigenvalue weighted by molar-refractivity contribution is 0.448. The summed E-state index contributed by atoms with van der Waals surface area (Å²) in [6.07, 6.45) is 1.72. The van der Waals surface area contributed by atoms with Gasteiger partial charge in [0.25, 0.3) is 0 Å². The lowest BCUT2D eigenvalue weighted by Gasteiger charge is -2.17. The highest BCUT2D eigenvalue weighted by Gasteiger charge is 2.24. The van der Waals surface area contributed by atoms with Gasteiger partial charge < -0.3 is 5.32 Å². The van der Waals surface area contributed by atoms with Gasteiger partial charge in [-0.3, -0.25) is 0 Å². The Morgan fingerprint density at radius 1 is 1.05 bits per heavy atom. The van der Waals surface area contributed by atoms with Crippen LogP contribution in [0.25, 0.3) is 0 Å². The van der Waals surface area contributed by atoms with Gasteiger partial charge in [-0.15, -0.1) is 0 Å². The second-order valence-corrected chi connectivity index (χ2v) is 5.16. The topological polar surface area (TPSA) is 12.0 Å². The highest BCUT2D eigenvalue weighted by molar-refractivity contribution is 5.50. The molecular weight excluding hydrogens is 263 g/mol. The molecule has 0 aromatic heterocycles. The summed E-state index contributed by atoms with van der Waals surface area (Å²) in [6, 6.07) is 8.27. The molecule has 0 fully saturated rings. The van der Waals surface area contributed by atoms with E-state index in [1.165, 1.54) is 11.6 Å². The largest absolute Gasteiger partial charge is 0.376 e. The molecule has 2 aromatic rings. The average molecular weight is 277 g/mol. The van der Waals surface area contributed by atoms with Crippen LogP contribution in [0.1, 0.15) is 29.2 Å². The third kappa shape index (κ3) is 2.15. The summed E-state index contributed by atoms with van der Waals surface area (Å²) in [4.78, 5) is 0. The zero-order valence-electron chi connectivity index (χ0n) is 11.0. The standard InChI is InChI=1S/C16H14F3N/c1-9-2-3-10-4-6-13(11(10)8-9)20-14-7-5-12(17)15(18)16(14)19/h2-3,5,7-8,13,20H,4,6H2,1H3. The molecular formula is C16H14F3N. The summed E-state index contributed by atoms with van der Waals surface area (Å²) in [6.45, 7) is 1.99. The molecule has 0 heterocycles. The first-order valence-electron chi connectivity index (χ1n) is 6.55. The minimum absolute atomic E-state index is 0.00301. The highest BCUT2D eigenvalue weighted by atomic mass is 19.2. The molecule has 0 radical (unpaired) electrons. The second kappa shape index (κ2) is 4.85. The Bertz CT molecular complexity index is 667. The normalized spacial score (nSPS) is 17.1. The highest BCUT2D eigenvalue weighted by Crippen LogP contribution is 2.35. The van der Waals surface area contributed by atoms with E-state index in [1.807, 2.05) is 13.0 Å². The number of nitrogens with one attached hydrogen (secondary N) is 1. The maximum atomic E-state index is 13.7. The van der Waals surface area contributed by atoms with Gasteiger partial charge >= 0.3 is 0 Å². The summed E-state index contributed by atoms with van der Waals surface area (Å²) >= 11 is 0. The SMILES string of the molecule is Cc1ccc2c(c1)C(Nc1ccc(F)c(F)c1F)CC2. The van der Waals surface area contributed by atoms with Crippen LogP contribution in [0, 0.1) is 24.4 Å². The van der Waals surface area contributed by atoms with E-state index < -0.39 is 17.5 Å². The van der Waals surface area contributed by atoms with Gasteiger partial charge in [-0.2, -0.15) is 0 Å². The molecule has 1 nitrogen and oxygen atoms in total. The average Bonchev–Trinajstić information content (AvgIpc) is 2.82. The first-order valence-corrected chi connectivity index (χ1v) is 6.55. The van der Waals surface area contributed by atoms with Crippen molar-refractivity contribution in [3.63, 3.8) is 0 Å². The Labute approximate surface area is 115 Å². The minimum atomic E-state index is -1.43. The molecule has 104 valence electrons. The molecule has 0 bridgehead atoms. The molecule has 0 saturated carbocycles. The van der Waals surface area contributed by atoms with Crippen molar-refractivity contribution in [3.05, 3.63) is 64.5 Å². The second-order valence-electron chi connectivity index (χ2n) is 5.16. The molecule has 3 rings (SSSR count). The van der Waals surface area contributed by atoms with Gasteiger partial charge in [0, 0.05) is 0 Å². The fourth-order valence-corrected chi connectivity index (χ4v) is 2.70. The van der Waals surface area contributed by atoms with Gasteiger partial charge in [0.1, 0.15) is 0 Å². The summed E-state index contributed by atoms with van der Waals surface area (Å²) in [5.41, 5.74) is 3.46. The third-order valence-corrected chi connectivity index (χ3v) is 3.74. The summed E-state index contributed by atoms with van der Waals surface area (Å²) in [5.74, 6) is -3.76. The molecule has 1 unspecified atom stereocenters. The predicted molar refractivity (Wildman–Crippen MR) is 72.2 cm³/mol. The molecule has 4 heteroatoms. The fourth-order valence-electron chi connectivity index (χ4n) is 2.70. The van der Waals surface area contributed by atoms with Crippen molar-refractivity contribution in [3.8, 4) is 0 Å². The lowest BCUT2D eigenvalue weighted by atomic mass is 10.0. The van der Waals surface area contributed by atoms with Gasteiger partial charge in [-0.1, -0.05) is 23.8 Å². The maximum absolute atomic E-state index is 13.7. The first kappa shape index (κ1) is 13.0. The van der Waals surface area contributed by atoms with E-state index in [0.29, 0.717) is 0 Å². The Balaban J connectivity index is 1.91. The van der Waals surface area contributed by atoms with Crippen LogP contribution in [0.3, 0.4) is 0 Å². The van der Waals surface area contributed by atoms with Gasteiger partial charge in [0.15, 0.2) is 17.5 Å². The van der Waals surface area contributed by atoms with E-state index in [1.54, 1.807) is 0 Å². The summed E-state index contributed by atoms with van der Waals surface area (Å²) in [7, 11) is 0. The molecule has 0 spiro atoms. The number of hydrogen-bond donors (Lipinski definition) is 1. The van der Waals surface area contributed by atoms with Crippen molar-refractivity contribution in [1.29, 1.82) is 0 Å². The summed E-state index contributed by atoms with van der Waals surface area (Å²) in [5, 5.41) is 2.98. The first-order chi connectivity index (χ1) is 9.56. The number of anilines is 1. The van der Waals surface area contributed by atoms with E-state index in [2.05, 4.69) is 17.4 Å². The number of benzene rings is 2. The Morgan fingerprint density at radius 3 is 2.65 bits per heavy atom. The number of hydrogen-bond acceptors (Lipinski definition) is 1. The predicted octanol–water partition coefficient (Wildman–Crippen LogP) is 4.51. The van der Waals surface area contributed by atoms with Crippen LogP contribution in [-0.2, 0) is 6.42 Å². The molecule has 1 aliphatic rings. The van der Waals surface area contributed by atoms with Crippen molar-refractivity contribution in [1.82, 2.24) is 0 Å². The van der Waals surface area contributed by atoms with Gasteiger partial charge in [0.05, 0.1) is 11.7 Å². The van der Waals surface area contributed by atoms with E-state index in [4.69, 9.17) is 0 Å². The fraction of sp³-hybridized carbons (Fsp3) is 0.250. The van der Waals surface area contributed by atoms with Crippen molar-refractivity contribution in [2.45, 2.75) is 25.8 Å². The van der Waals surface area contributed by atoms with Crippen LogP contribution in [0.5, 0.6) is 0 Å².